The van der Waals surface area contributed by atoms with Crippen LogP contribution in [0.25, 0.3) is 10.9 Å². The van der Waals surface area contributed by atoms with Crippen LogP contribution in [0.15, 0.2) is 30.7 Å². The number of pyridine rings is 2. The average Bonchev–Trinajstić information content (AvgIpc) is 3.07. The van der Waals surface area contributed by atoms with Crippen molar-refractivity contribution in [2.45, 2.75) is 32.7 Å². The lowest BCUT2D eigenvalue weighted by molar-refractivity contribution is -0.154. The van der Waals surface area contributed by atoms with E-state index in [1.54, 1.807) is 36.9 Å². The first-order chi connectivity index (χ1) is 14.1. The second-order valence-electron chi connectivity index (χ2n) is 6.85. The van der Waals surface area contributed by atoms with Crippen molar-refractivity contribution in [3.8, 4) is 5.88 Å². The molecule has 3 aromatic rings. The minimum Gasteiger partial charge on any atom is -0.468 e. The second kappa shape index (κ2) is 8.66. The van der Waals surface area contributed by atoms with Crippen LogP contribution in [0.4, 0.5) is 13.2 Å². The van der Waals surface area contributed by atoms with E-state index in [1.807, 2.05) is 0 Å². The predicted molar refractivity (Wildman–Crippen MR) is 101 cm³/mol. The average molecular weight is 423 g/mol. The van der Waals surface area contributed by atoms with E-state index in [1.165, 1.54) is 12.4 Å². The molecule has 0 aliphatic heterocycles. The van der Waals surface area contributed by atoms with Gasteiger partial charge in [-0.05, 0) is 31.5 Å². The fourth-order valence-corrected chi connectivity index (χ4v) is 2.78. The fraction of sp³-hybridized carbons (Fsp3) is 0.368. The Hall–Kier alpha value is -3.21. The van der Waals surface area contributed by atoms with Crippen LogP contribution in [0.2, 0.25) is 0 Å². The third kappa shape index (κ3) is 5.44. The highest BCUT2D eigenvalue weighted by Gasteiger charge is 2.29. The van der Waals surface area contributed by atoms with Gasteiger partial charge < -0.3 is 15.2 Å². The number of ether oxygens (including phenoxy) is 1. The van der Waals surface area contributed by atoms with Crippen molar-refractivity contribution < 1.29 is 27.8 Å². The zero-order chi connectivity index (χ0) is 21.9. The molecule has 0 fully saturated rings. The highest BCUT2D eigenvalue weighted by Crippen LogP contribution is 2.21. The number of carbonyl (C=O) groups excluding carboxylic acids is 1. The summed E-state index contributed by atoms with van der Waals surface area (Å²) in [6.45, 7) is 2.14. The van der Waals surface area contributed by atoms with Crippen LogP contribution < -0.4 is 10.1 Å². The zero-order valence-electron chi connectivity index (χ0n) is 16.3. The van der Waals surface area contributed by atoms with Gasteiger partial charge in [0.05, 0.1) is 23.6 Å². The number of amides is 1. The number of aromatic nitrogens is 4. The Balaban J connectivity index is 1.77. The summed E-state index contributed by atoms with van der Waals surface area (Å²) in [6.07, 6.45) is -0.581. The van der Waals surface area contributed by atoms with Gasteiger partial charge in [0.25, 0.3) is 5.91 Å². The molecule has 0 aliphatic rings. The lowest BCUT2D eigenvalue weighted by Gasteiger charge is -2.11. The highest BCUT2D eigenvalue weighted by molar-refractivity contribution is 6.04. The van der Waals surface area contributed by atoms with Gasteiger partial charge in [-0.3, -0.25) is 14.5 Å². The second-order valence-corrected chi connectivity index (χ2v) is 6.85. The maximum atomic E-state index is 12.3. The van der Waals surface area contributed by atoms with Crippen molar-refractivity contribution in [1.29, 1.82) is 0 Å². The monoisotopic (exact) mass is 423 g/mol. The van der Waals surface area contributed by atoms with Gasteiger partial charge >= 0.3 is 6.18 Å². The van der Waals surface area contributed by atoms with Crippen LogP contribution >= 0.6 is 0 Å². The molecule has 0 saturated heterocycles. The molecule has 3 heterocycles. The minimum atomic E-state index is -4.44. The summed E-state index contributed by atoms with van der Waals surface area (Å²) in [7, 11) is 0. The van der Waals surface area contributed by atoms with Crippen molar-refractivity contribution in [2.24, 2.45) is 0 Å². The lowest BCUT2D eigenvalue weighted by atomic mass is 10.2. The largest absolute Gasteiger partial charge is 0.468 e. The van der Waals surface area contributed by atoms with Gasteiger partial charge in [0.2, 0.25) is 5.88 Å². The molecule has 1 atom stereocenters. The summed E-state index contributed by atoms with van der Waals surface area (Å²) in [5.74, 6) is -0.507. The predicted octanol–water partition coefficient (Wildman–Crippen LogP) is 2.23. The third-order valence-electron chi connectivity index (χ3n) is 4.06. The Morgan fingerprint density at radius 1 is 1.37 bits per heavy atom. The summed E-state index contributed by atoms with van der Waals surface area (Å²) in [6, 6.07) is 3.33. The number of hydrogen-bond donors (Lipinski definition) is 2. The van der Waals surface area contributed by atoms with Crippen molar-refractivity contribution in [2.75, 3.05) is 13.2 Å². The molecule has 0 spiro atoms. The van der Waals surface area contributed by atoms with E-state index in [9.17, 15) is 23.1 Å². The van der Waals surface area contributed by atoms with Crippen molar-refractivity contribution in [3.63, 3.8) is 0 Å². The Labute approximate surface area is 169 Å². The fourth-order valence-electron chi connectivity index (χ4n) is 2.78. The van der Waals surface area contributed by atoms with Gasteiger partial charge in [-0.25, -0.2) is 4.98 Å². The van der Waals surface area contributed by atoms with Crippen molar-refractivity contribution in [3.05, 3.63) is 47.5 Å². The van der Waals surface area contributed by atoms with E-state index in [4.69, 9.17) is 4.74 Å². The molecule has 11 heteroatoms. The number of nitrogens with one attached hydrogen (secondary N) is 1. The first-order valence-electron chi connectivity index (χ1n) is 9.06. The Morgan fingerprint density at radius 3 is 2.80 bits per heavy atom. The summed E-state index contributed by atoms with van der Waals surface area (Å²) in [5, 5.41) is 16.9. The van der Waals surface area contributed by atoms with E-state index >= 15 is 0 Å². The maximum absolute atomic E-state index is 12.3. The summed E-state index contributed by atoms with van der Waals surface area (Å²) in [5.41, 5.74) is 1.91. The zero-order valence-corrected chi connectivity index (χ0v) is 16.3. The molecule has 3 aromatic heterocycles. The van der Waals surface area contributed by atoms with Crippen LogP contribution in [0.3, 0.4) is 0 Å². The molecule has 160 valence electrons. The van der Waals surface area contributed by atoms with Crippen LogP contribution in [0.5, 0.6) is 5.88 Å². The summed E-state index contributed by atoms with van der Waals surface area (Å²) < 4.78 is 43.2. The number of carbonyl (C=O) groups is 1. The molecule has 1 amide bonds. The molecule has 0 bridgehead atoms. The minimum absolute atomic E-state index is 0.0806. The molecule has 8 nitrogen and oxygen atoms in total. The molecular formula is C19H20F3N5O3. The van der Waals surface area contributed by atoms with Gasteiger partial charge in [-0.1, -0.05) is 0 Å². The summed E-state index contributed by atoms with van der Waals surface area (Å²) in [4.78, 5) is 20.4. The molecule has 3 rings (SSSR count). The van der Waals surface area contributed by atoms with Crippen molar-refractivity contribution in [1.82, 2.24) is 25.1 Å². The van der Waals surface area contributed by atoms with E-state index in [-0.39, 0.29) is 24.7 Å². The molecule has 0 radical (unpaired) electrons. The maximum Gasteiger partial charge on any atom is 0.422 e. The van der Waals surface area contributed by atoms with Gasteiger partial charge in [-0.2, -0.15) is 18.3 Å². The number of aliphatic hydroxyl groups is 1. The topological polar surface area (TPSA) is 102 Å². The smallest absolute Gasteiger partial charge is 0.422 e. The third-order valence-corrected chi connectivity index (χ3v) is 4.06. The molecule has 30 heavy (non-hydrogen) atoms. The van der Waals surface area contributed by atoms with E-state index in [0.29, 0.717) is 22.0 Å². The van der Waals surface area contributed by atoms with E-state index < -0.39 is 24.8 Å². The number of hydrogen-bond acceptors (Lipinski definition) is 6. The lowest BCUT2D eigenvalue weighted by Crippen LogP contribution is -2.31. The SMILES string of the molecule is Cc1cc(Cn2cc3c(C(=O)NC[C@@H](C)O)nccc3n2)cnc1OCC(F)(F)F. The standard InChI is InChI=1S/C19H20F3N5O3/c1-11-5-13(7-25-18(11)30-10-19(20,21)22)8-27-9-14-15(26-27)3-4-23-16(14)17(29)24-6-12(2)28/h3-5,7,9,12,28H,6,8,10H2,1-2H3,(H,24,29)/t12-/m1/s1. The van der Waals surface area contributed by atoms with Crippen molar-refractivity contribution >= 4 is 16.8 Å². The highest BCUT2D eigenvalue weighted by atomic mass is 19.4. The first-order valence-corrected chi connectivity index (χ1v) is 9.06. The number of alkyl halides is 3. The van der Waals surface area contributed by atoms with Gasteiger partial charge in [-0.15, -0.1) is 0 Å². The first kappa shape index (κ1) is 21.5. The number of nitrogens with zero attached hydrogens (tertiary/aromatic N) is 4. The molecule has 0 aliphatic carbocycles. The quantitative estimate of drug-likeness (QED) is 0.604. The van der Waals surface area contributed by atoms with Crippen LogP contribution in [0.1, 0.15) is 28.5 Å². The van der Waals surface area contributed by atoms with Gasteiger partial charge in [0.1, 0.15) is 5.69 Å². The number of fused-ring (bicyclic) bond motifs is 1. The number of halogens is 3. The number of rotatable bonds is 7. The Kier molecular flexibility index (Phi) is 6.20. The van der Waals surface area contributed by atoms with Gasteiger partial charge in [0.15, 0.2) is 6.61 Å². The number of aryl methyl sites for hydroxylation is 1. The summed E-state index contributed by atoms with van der Waals surface area (Å²) >= 11 is 0. The van der Waals surface area contributed by atoms with E-state index in [2.05, 4.69) is 20.4 Å². The molecule has 0 aromatic carbocycles. The number of aliphatic hydroxyl groups excluding tert-OH is 1. The van der Waals surface area contributed by atoms with E-state index in [0.717, 1.165) is 0 Å². The molecule has 0 saturated carbocycles. The van der Waals surface area contributed by atoms with Gasteiger partial charge in [0, 0.05) is 30.7 Å². The van der Waals surface area contributed by atoms with Crippen LogP contribution in [0, 0.1) is 6.92 Å². The Bertz CT molecular complexity index is 1050. The van der Waals surface area contributed by atoms with Crippen LogP contribution in [-0.4, -0.2) is 56.2 Å². The molecule has 0 unspecified atom stereocenters. The van der Waals surface area contributed by atoms with Crippen LogP contribution in [-0.2, 0) is 6.54 Å². The normalized spacial score (nSPS) is 12.7. The molecule has 2 N–H and O–H groups in total. The Morgan fingerprint density at radius 2 is 2.13 bits per heavy atom. The molecular weight excluding hydrogens is 403 g/mol.